The van der Waals surface area contributed by atoms with Crippen molar-refractivity contribution in [1.29, 1.82) is 0 Å². The number of hydrogen-bond acceptors (Lipinski definition) is 4. The Hall–Kier alpha value is -1.27. The van der Waals surface area contributed by atoms with Gasteiger partial charge in [-0.2, -0.15) is 0 Å². The molecule has 1 rings (SSSR count). The molecule has 0 aliphatic carbocycles. The molecule has 6 heteroatoms. The molecule has 0 bridgehead atoms. The first-order valence-electron chi connectivity index (χ1n) is 5.54. The Morgan fingerprint density at radius 1 is 1.41 bits per heavy atom. The number of para-hydroxylation sites is 1. The molecule has 0 fully saturated rings. The minimum atomic E-state index is -3.77. The average Bonchev–Trinajstić information content (AvgIpc) is 2.19. The Morgan fingerprint density at radius 3 is 2.59 bits per heavy atom. The van der Waals surface area contributed by atoms with Crippen molar-refractivity contribution in [3.8, 4) is 0 Å². The van der Waals surface area contributed by atoms with E-state index in [0.717, 1.165) is 12.8 Å². The second kappa shape index (κ2) is 5.37. The zero-order chi connectivity index (χ0) is 13.1. The van der Waals surface area contributed by atoms with Gasteiger partial charge in [-0.1, -0.05) is 19.4 Å². The molecule has 1 aromatic rings. The Labute approximate surface area is 102 Å². The summed E-state index contributed by atoms with van der Waals surface area (Å²) in [7, 11) is -3.77. The average molecular weight is 257 g/mol. The van der Waals surface area contributed by atoms with Gasteiger partial charge in [0.25, 0.3) is 0 Å². The molecule has 0 amide bonds. The van der Waals surface area contributed by atoms with E-state index in [1.807, 2.05) is 6.92 Å². The molecule has 0 radical (unpaired) electrons. The van der Waals surface area contributed by atoms with Crippen LogP contribution in [0.2, 0.25) is 0 Å². The van der Waals surface area contributed by atoms with Crippen LogP contribution in [0.1, 0.15) is 26.7 Å². The minimum absolute atomic E-state index is 0.0359. The third kappa shape index (κ3) is 3.61. The zero-order valence-electron chi connectivity index (χ0n) is 10.1. The molecule has 1 aromatic carbocycles. The Bertz CT molecular complexity index is 485. The van der Waals surface area contributed by atoms with Crippen molar-refractivity contribution in [2.45, 2.75) is 37.6 Å². The SMILES string of the molecule is CCCC(C)Nc1cccc(S(N)(=O)=O)c1N. The summed E-state index contributed by atoms with van der Waals surface area (Å²) in [5.41, 5.74) is 6.58. The second-order valence-electron chi connectivity index (χ2n) is 4.10. The van der Waals surface area contributed by atoms with E-state index in [1.165, 1.54) is 6.07 Å². The molecule has 0 spiro atoms. The van der Waals surface area contributed by atoms with Crippen LogP contribution in [0.15, 0.2) is 23.1 Å². The molecule has 0 aliphatic heterocycles. The highest BCUT2D eigenvalue weighted by atomic mass is 32.2. The summed E-state index contributed by atoms with van der Waals surface area (Å²) in [6.45, 7) is 4.11. The van der Waals surface area contributed by atoms with Crippen molar-refractivity contribution in [2.75, 3.05) is 11.1 Å². The number of nitrogen functional groups attached to an aromatic ring is 1. The van der Waals surface area contributed by atoms with Gasteiger partial charge in [-0.05, 0) is 25.5 Å². The summed E-state index contributed by atoms with van der Waals surface area (Å²) in [5.74, 6) is 0. The van der Waals surface area contributed by atoms with E-state index >= 15 is 0 Å². The first-order valence-corrected chi connectivity index (χ1v) is 7.08. The van der Waals surface area contributed by atoms with Gasteiger partial charge in [0.15, 0.2) is 0 Å². The number of nitrogens with one attached hydrogen (secondary N) is 1. The predicted molar refractivity (Wildman–Crippen MR) is 70.2 cm³/mol. The van der Waals surface area contributed by atoms with Crippen molar-refractivity contribution in [1.82, 2.24) is 0 Å². The number of rotatable bonds is 5. The molecule has 0 saturated carbocycles. The fraction of sp³-hybridized carbons (Fsp3) is 0.455. The third-order valence-electron chi connectivity index (χ3n) is 2.50. The fourth-order valence-corrected chi connectivity index (χ4v) is 2.37. The van der Waals surface area contributed by atoms with Gasteiger partial charge in [0.1, 0.15) is 4.90 Å². The van der Waals surface area contributed by atoms with Gasteiger partial charge in [-0.25, -0.2) is 13.6 Å². The molecular formula is C11H19N3O2S. The van der Waals surface area contributed by atoms with Crippen molar-refractivity contribution in [2.24, 2.45) is 5.14 Å². The maximum Gasteiger partial charge on any atom is 0.240 e. The van der Waals surface area contributed by atoms with Crippen LogP contribution in [-0.2, 0) is 10.0 Å². The number of anilines is 2. The van der Waals surface area contributed by atoms with E-state index in [-0.39, 0.29) is 16.6 Å². The van der Waals surface area contributed by atoms with E-state index in [2.05, 4.69) is 12.2 Å². The van der Waals surface area contributed by atoms with Crippen molar-refractivity contribution in [3.63, 3.8) is 0 Å². The van der Waals surface area contributed by atoms with Gasteiger partial charge in [0.2, 0.25) is 10.0 Å². The van der Waals surface area contributed by atoms with E-state index in [1.54, 1.807) is 12.1 Å². The molecule has 5 nitrogen and oxygen atoms in total. The van der Waals surface area contributed by atoms with Crippen molar-refractivity contribution in [3.05, 3.63) is 18.2 Å². The fourth-order valence-electron chi connectivity index (χ4n) is 1.69. The Balaban J connectivity index is 3.03. The number of nitrogens with two attached hydrogens (primary N) is 2. The van der Waals surface area contributed by atoms with Gasteiger partial charge >= 0.3 is 0 Å². The molecule has 0 aromatic heterocycles. The molecule has 5 N–H and O–H groups in total. The largest absolute Gasteiger partial charge is 0.396 e. The lowest BCUT2D eigenvalue weighted by Gasteiger charge is -2.17. The summed E-state index contributed by atoms with van der Waals surface area (Å²) < 4.78 is 22.6. The first kappa shape index (κ1) is 13.8. The van der Waals surface area contributed by atoms with Crippen LogP contribution in [0.25, 0.3) is 0 Å². The summed E-state index contributed by atoms with van der Waals surface area (Å²) >= 11 is 0. The van der Waals surface area contributed by atoms with E-state index in [4.69, 9.17) is 10.9 Å². The number of sulfonamides is 1. The normalized spacial score (nSPS) is 13.4. The van der Waals surface area contributed by atoms with Crippen LogP contribution in [0.4, 0.5) is 11.4 Å². The lowest BCUT2D eigenvalue weighted by atomic mass is 10.2. The maximum atomic E-state index is 11.3. The van der Waals surface area contributed by atoms with E-state index < -0.39 is 10.0 Å². The lowest BCUT2D eigenvalue weighted by molar-refractivity contribution is 0.598. The molecule has 17 heavy (non-hydrogen) atoms. The van der Waals surface area contributed by atoms with Crippen LogP contribution in [0.3, 0.4) is 0 Å². The monoisotopic (exact) mass is 257 g/mol. The topological polar surface area (TPSA) is 98.2 Å². The van der Waals surface area contributed by atoms with Gasteiger partial charge < -0.3 is 11.1 Å². The molecule has 1 unspecified atom stereocenters. The second-order valence-corrected chi connectivity index (χ2v) is 5.63. The molecule has 96 valence electrons. The third-order valence-corrected chi connectivity index (χ3v) is 3.47. The first-order chi connectivity index (χ1) is 7.86. The predicted octanol–water partition coefficient (Wildman–Crippen LogP) is 1.52. The summed E-state index contributed by atoms with van der Waals surface area (Å²) in [5, 5.41) is 8.26. The van der Waals surface area contributed by atoms with Gasteiger partial charge in [0, 0.05) is 6.04 Å². The van der Waals surface area contributed by atoms with Gasteiger partial charge in [-0.15, -0.1) is 0 Å². The number of hydrogen-bond donors (Lipinski definition) is 3. The van der Waals surface area contributed by atoms with Crippen LogP contribution in [0.5, 0.6) is 0 Å². The Kier molecular flexibility index (Phi) is 4.36. The number of benzene rings is 1. The summed E-state index contributed by atoms with van der Waals surface area (Å²) in [6.07, 6.45) is 2.03. The quantitative estimate of drug-likeness (QED) is 0.696. The van der Waals surface area contributed by atoms with Crippen molar-refractivity contribution >= 4 is 21.4 Å². The maximum absolute atomic E-state index is 11.3. The van der Waals surface area contributed by atoms with Crippen LogP contribution in [-0.4, -0.2) is 14.5 Å². The molecule has 0 saturated heterocycles. The van der Waals surface area contributed by atoms with Gasteiger partial charge in [0.05, 0.1) is 11.4 Å². The molecule has 1 atom stereocenters. The van der Waals surface area contributed by atoms with E-state index in [9.17, 15) is 8.42 Å². The highest BCUT2D eigenvalue weighted by Gasteiger charge is 2.15. The van der Waals surface area contributed by atoms with Crippen LogP contribution >= 0.6 is 0 Å². The standard InChI is InChI=1S/C11H19N3O2S/c1-3-5-8(2)14-9-6-4-7-10(11(9)12)17(13,15)16/h4,6-8,14H,3,5,12H2,1-2H3,(H2,13,15,16). The van der Waals surface area contributed by atoms with E-state index in [0.29, 0.717) is 5.69 Å². The highest BCUT2D eigenvalue weighted by molar-refractivity contribution is 7.89. The molecule has 0 heterocycles. The molecular weight excluding hydrogens is 238 g/mol. The van der Waals surface area contributed by atoms with Crippen LogP contribution in [0, 0.1) is 0 Å². The smallest absolute Gasteiger partial charge is 0.240 e. The summed E-state index contributed by atoms with van der Waals surface area (Å²) in [6, 6.07) is 5.01. The zero-order valence-corrected chi connectivity index (χ0v) is 10.9. The minimum Gasteiger partial charge on any atom is -0.396 e. The van der Waals surface area contributed by atoms with Crippen LogP contribution < -0.4 is 16.2 Å². The lowest BCUT2D eigenvalue weighted by Crippen LogP contribution is -2.18. The van der Waals surface area contributed by atoms with Gasteiger partial charge in [-0.3, -0.25) is 0 Å². The Morgan fingerprint density at radius 2 is 2.06 bits per heavy atom. The summed E-state index contributed by atoms with van der Waals surface area (Å²) in [4.78, 5) is -0.0359. The molecule has 0 aliphatic rings. The highest BCUT2D eigenvalue weighted by Crippen LogP contribution is 2.26. The number of primary sulfonamides is 1. The van der Waals surface area contributed by atoms with Crippen molar-refractivity contribution < 1.29 is 8.42 Å².